The maximum absolute atomic E-state index is 13.0. The number of hydrogen-bond donors (Lipinski definition) is 2. The fourth-order valence-corrected chi connectivity index (χ4v) is 9.39. The highest BCUT2D eigenvalue weighted by Crippen LogP contribution is 2.43. The van der Waals surface area contributed by atoms with Crippen molar-refractivity contribution in [1.82, 2.24) is 0 Å². The van der Waals surface area contributed by atoms with Crippen LogP contribution >= 0.6 is 7.82 Å². The van der Waals surface area contributed by atoms with Gasteiger partial charge in [0.1, 0.15) is 12.7 Å². The molecule has 0 saturated carbocycles. The van der Waals surface area contributed by atoms with Gasteiger partial charge in [0.15, 0.2) is 6.10 Å². The third-order valence-electron chi connectivity index (χ3n) is 13.5. The molecule has 0 spiro atoms. The molecule has 0 aromatic rings. The molecule has 0 aromatic carbocycles. The Balaban J connectivity index is 4.80. The molecule has 0 amide bonds. The summed E-state index contributed by atoms with van der Waals surface area (Å²) < 4.78 is 39.6. The minimum Gasteiger partial charge on any atom is -0.462 e. The number of aliphatic hydroxyl groups is 1. The van der Waals surface area contributed by atoms with E-state index >= 15 is 0 Å². The van der Waals surface area contributed by atoms with Crippen LogP contribution in [-0.2, 0) is 42.2 Å². The van der Waals surface area contributed by atoms with Gasteiger partial charge < -0.3 is 24.2 Å². The molecular weight excluding hydrogens is 1020 g/mol. The van der Waals surface area contributed by atoms with Crippen LogP contribution in [0.2, 0.25) is 0 Å². The molecule has 0 bridgehead atoms. The molecule has 12 heteroatoms. The Hall–Kier alpha value is -3.60. The van der Waals surface area contributed by atoms with Gasteiger partial charge in [-0.3, -0.25) is 23.4 Å². The van der Waals surface area contributed by atoms with Crippen molar-refractivity contribution >= 4 is 25.7 Å². The lowest BCUT2D eigenvalue weighted by molar-refractivity contribution is -0.161. The van der Waals surface area contributed by atoms with E-state index < -0.39 is 57.8 Å². The summed E-state index contributed by atoms with van der Waals surface area (Å²) >= 11 is 0. The number of carbonyl (C=O) groups excluding carboxylic acids is 3. The van der Waals surface area contributed by atoms with Crippen LogP contribution in [0, 0.1) is 0 Å². The van der Waals surface area contributed by atoms with Crippen molar-refractivity contribution in [3.8, 4) is 0 Å². The monoisotopic (exact) mass is 1140 g/mol. The van der Waals surface area contributed by atoms with Crippen LogP contribution < -0.4 is 0 Å². The molecule has 0 heterocycles. The van der Waals surface area contributed by atoms with Gasteiger partial charge in [0.25, 0.3) is 0 Å². The van der Waals surface area contributed by atoms with Gasteiger partial charge in [-0.25, -0.2) is 4.57 Å². The summed E-state index contributed by atoms with van der Waals surface area (Å²) in [4.78, 5) is 48.7. The van der Waals surface area contributed by atoms with E-state index in [1.807, 2.05) is 12.2 Å². The molecule has 3 unspecified atom stereocenters. The van der Waals surface area contributed by atoms with Gasteiger partial charge in [0.2, 0.25) is 0 Å². The first-order chi connectivity index (χ1) is 39.2. The lowest BCUT2D eigenvalue weighted by atomic mass is 10.1. The predicted molar refractivity (Wildman–Crippen MR) is 334 cm³/mol. The van der Waals surface area contributed by atoms with E-state index in [0.717, 1.165) is 96.3 Å². The quantitative estimate of drug-likeness (QED) is 0.0197. The van der Waals surface area contributed by atoms with Crippen molar-refractivity contribution in [2.24, 2.45) is 0 Å². The van der Waals surface area contributed by atoms with Crippen molar-refractivity contribution in [2.75, 3.05) is 26.4 Å². The topological polar surface area (TPSA) is 155 Å². The fraction of sp³-hybridized carbons (Fsp3) is 0.721. The molecule has 0 aliphatic rings. The van der Waals surface area contributed by atoms with E-state index in [2.05, 4.69) is 106 Å². The number of unbranched alkanes of at least 4 members (excludes halogenated alkanes) is 26. The fourth-order valence-electron chi connectivity index (χ4n) is 8.61. The first kappa shape index (κ1) is 76.4. The average Bonchev–Trinajstić information content (AvgIpc) is 3.45. The number of hydrogen-bond acceptors (Lipinski definition) is 10. The Morgan fingerprint density at radius 3 is 1.05 bits per heavy atom. The van der Waals surface area contributed by atoms with Gasteiger partial charge >= 0.3 is 25.7 Å². The van der Waals surface area contributed by atoms with Crippen molar-refractivity contribution in [2.45, 2.75) is 290 Å². The summed E-state index contributed by atoms with van der Waals surface area (Å²) in [7, 11) is -4.78. The van der Waals surface area contributed by atoms with E-state index in [9.17, 15) is 28.9 Å². The second-order valence-electron chi connectivity index (χ2n) is 21.2. The van der Waals surface area contributed by atoms with Gasteiger partial charge in [-0.05, 0) is 109 Å². The van der Waals surface area contributed by atoms with Gasteiger partial charge in [0, 0.05) is 19.3 Å². The Bertz CT molecular complexity index is 1710. The van der Waals surface area contributed by atoms with Crippen molar-refractivity contribution in [3.05, 3.63) is 97.2 Å². The smallest absolute Gasteiger partial charge is 0.462 e. The summed E-state index contributed by atoms with van der Waals surface area (Å²) in [5, 5.41) is 9.85. The molecule has 0 aliphatic heterocycles. The van der Waals surface area contributed by atoms with E-state index in [0.29, 0.717) is 19.3 Å². The standard InChI is InChI=1S/C68H117O11P/c1-4-7-10-13-16-19-22-25-28-31-32-35-36-39-42-45-48-51-54-57-66(70)75-61-65(79-68(72)59-56-53-50-47-44-41-38-34-30-27-24-21-18-15-12-9-6-3)63-77-80(73,74)76-62-64(60-69)78-67(71)58-55-52-49-46-43-40-37-33-29-26-23-20-17-14-11-8-5-2/h7,10,16,19,25-30,32,35,39,42,48,51,64-65,69H,4-6,8-9,11-15,17-18,20-24,31,33-34,36-38,40-41,43-47,49-50,52-63H2,1-3H3,(H,73,74)/b10-7-,19-16-,28-25-,29-26-,30-27-,35-32-,42-39-,51-48-. The molecule has 11 nitrogen and oxygen atoms in total. The number of phosphoric ester groups is 1. The molecular formula is C68H117O11P. The SMILES string of the molecule is CC/C=C\C/C=C\C/C=C\C/C=C\C/C=C\C/C=C\CCC(=O)OCC(COP(=O)(O)OCC(CO)OC(=O)CCCCCCCCC/C=C\CCCCCCCC)OC(=O)CCCCCCCCC/C=C\CCCCCCCC. The zero-order valence-electron chi connectivity index (χ0n) is 51.0. The summed E-state index contributed by atoms with van der Waals surface area (Å²) in [5.41, 5.74) is 0. The predicted octanol–water partition coefficient (Wildman–Crippen LogP) is 19.6. The molecule has 0 rings (SSSR count). The number of ether oxygens (including phenoxy) is 3. The van der Waals surface area contributed by atoms with Crippen molar-refractivity contribution < 1.29 is 52.2 Å². The molecule has 80 heavy (non-hydrogen) atoms. The molecule has 2 N–H and O–H groups in total. The number of rotatable bonds is 59. The third kappa shape index (κ3) is 59.0. The molecule has 0 fully saturated rings. The Morgan fingerprint density at radius 1 is 0.362 bits per heavy atom. The number of carbonyl (C=O) groups is 3. The van der Waals surface area contributed by atoms with Crippen molar-refractivity contribution in [1.29, 1.82) is 0 Å². The summed E-state index contributed by atoms with van der Waals surface area (Å²) in [6.45, 7) is 4.46. The zero-order valence-corrected chi connectivity index (χ0v) is 51.9. The van der Waals surface area contributed by atoms with Gasteiger partial charge in [0.05, 0.1) is 19.8 Å². The van der Waals surface area contributed by atoms with Crippen molar-refractivity contribution in [3.63, 3.8) is 0 Å². The maximum atomic E-state index is 13.0. The molecule has 3 atom stereocenters. The molecule has 0 saturated heterocycles. The molecule has 0 radical (unpaired) electrons. The van der Waals surface area contributed by atoms with E-state index in [4.69, 9.17) is 23.3 Å². The largest absolute Gasteiger partial charge is 0.472 e. The lowest BCUT2D eigenvalue weighted by Crippen LogP contribution is -2.30. The number of phosphoric acid groups is 1. The van der Waals surface area contributed by atoms with Gasteiger partial charge in [-0.2, -0.15) is 0 Å². The van der Waals surface area contributed by atoms with Crippen LogP contribution in [0.1, 0.15) is 278 Å². The Morgan fingerprint density at radius 2 is 0.675 bits per heavy atom. The normalized spacial score (nSPS) is 13.9. The first-order valence-corrected chi connectivity index (χ1v) is 33.6. The highest BCUT2D eigenvalue weighted by molar-refractivity contribution is 7.47. The first-order valence-electron chi connectivity index (χ1n) is 32.1. The summed E-state index contributed by atoms with van der Waals surface area (Å²) in [6.07, 6.45) is 73.7. The second kappa shape index (κ2) is 61.5. The second-order valence-corrected chi connectivity index (χ2v) is 22.6. The highest BCUT2D eigenvalue weighted by Gasteiger charge is 2.28. The van der Waals surface area contributed by atoms with E-state index in [-0.39, 0.29) is 25.9 Å². The minimum absolute atomic E-state index is 0.0974. The van der Waals surface area contributed by atoms with Crippen LogP contribution in [0.25, 0.3) is 0 Å². The lowest BCUT2D eigenvalue weighted by Gasteiger charge is -2.21. The number of esters is 3. The molecule has 0 aliphatic carbocycles. The number of allylic oxidation sites excluding steroid dienone is 16. The molecule has 460 valence electrons. The summed E-state index contributed by atoms with van der Waals surface area (Å²) in [6, 6.07) is 0. The number of aliphatic hydroxyl groups excluding tert-OH is 1. The summed E-state index contributed by atoms with van der Waals surface area (Å²) in [5.74, 6) is -1.57. The van der Waals surface area contributed by atoms with Crippen LogP contribution in [0.3, 0.4) is 0 Å². The Labute approximate surface area is 489 Å². The Kier molecular flexibility index (Phi) is 58.7. The van der Waals surface area contributed by atoms with E-state index in [1.54, 1.807) is 0 Å². The van der Waals surface area contributed by atoms with Gasteiger partial charge in [-0.1, -0.05) is 246 Å². The highest BCUT2D eigenvalue weighted by atomic mass is 31.2. The van der Waals surface area contributed by atoms with Gasteiger partial charge in [-0.15, -0.1) is 0 Å². The van der Waals surface area contributed by atoms with E-state index in [1.165, 1.54) is 122 Å². The molecule has 0 aromatic heterocycles. The maximum Gasteiger partial charge on any atom is 0.472 e. The zero-order chi connectivity index (χ0) is 58.3. The van der Waals surface area contributed by atoms with Crippen LogP contribution in [0.4, 0.5) is 0 Å². The third-order valence-corrected chi connectivity index (χ3v) is 14.4. The van der Waals surface area contributed by atoms with Crippen LogP contribution in [0.5, 0.6) is 0 Å². The van der Waals surface area contributed by atoms with Crippen LogP contribution in [0.15, 0.2) is 97.2 Å². The van der Waals surface area contributed by atoms with Crippen LogP contribution in [-0.4, -0.2) is 66.5 Å². The minimum atomic E-state index is -4.78. The average molecular weight is 1140 g/mol.